The van der Waals surface area contributed by atoms with Crippen LogP contribution in [0.3, 0.4) is 0 Å². The van der Waals surface area contributed by atoms with E-state index in [2.05, 4.69) is 21.5 Å². The number of hydrogen-bond donors (Lipinski definition) is 1. The maximum atomic E-state index is 9.03. The van der Waals surface area contributed by atoms with E-state index in [-0.39, 0.29) is 5.76 Å². The second-order valence-electron chi connectivity index (χ2n) is 4.47. The summed E-state index contributed by atoms with van der Waals surface area (Å²) in [6.07, 6.45) is 9.10. The van der Waals surface area contributed by atoms with Crippen molar-refractivity contribution in [2.24, 2.45) is 4.99 Å². The molecule has 1 aromatic carbocycles. The summed E-state index contributed by atoms with van der Waals surface area (Å²) in [4.78, 5) is 12.4. The highest BCUT2D eigenvalue weighted by atomic mass is 16.3. The summed E-state index contributed by atoms with van der Waals surface area (Å²) >= 11 is 0. The van der Waals surface area contributed by atoms with Crippen LogP contribution in [-0.2, 0) is 6.42 Å². The first-order chi connectivity index (χ1) is 9.74. The van der Waals surface area contributed by atoms with Crippen molar-refractivity contribution < 1.29 is 5.11 Å². The average molecular weight is 267 g/mol. The molecule has 102 valence electrons. The molecular weight excluding hydrogens is 250 g/mol. The van der Waals surface area contributed by atoms with E-state index in [1.165, 1.54) is 5.56 Å². The predicted octanol–water partition coefficient (Wildman–Crippen LogP) is 3.62. The van der Waals surface area contributed by atoms with Crippen LogP contribution in [0.15, 0.2) is 60.2 Å². The maximum absolute atomic E-state index is 9.03. The van der Waals surface area contributed by atoms with Gasteiger partial charge in [-0.05, 0) is 30.5 Å². The molecule has 0 unspecified atom stereocenters. The zero-order valence-corrected chi connectivity index (χ0v) is 11.2. The second kappa shape index (κ2) is 7.19. The third-order valence-corrected chi connectivity index (χ3v) is 2.80. The summed E-state index contributed by atoms with van der Waals surface area (Å²) in [5.74, 6) is 0.246. The lowest BCUT2D eigenvalue weighted by molar-refractivity contribution is 0.387. The van der Waals surface area contributed by atoms with Crippen molar-refractivity contribution in [3.8, 4) is 0 Å². The van der Waals surface area contributed by atoms with Crippen LogP contribution in [0.1, 0.15) is 24.1 Å². The molecule has 1 aromatic heterocycles. The van der Waals surface area contributed by atoms with E-state index in [4.69, 9.17) is 5.11 Å². The number of aromatic nitrogens is 2. The first-order valence-electron chi connectivity index (χ1n) is 6.50. The van der Waals surface area contributed by atoms with Crippen LogP contribution in [0.5, 0.6) is 0 Å². The van der Waals surface area contributed by atoms with Gasteiger partial charge in [-0.1, -0.05) is 18.7 Å². The van der Waals surface area contributed by atoms with E-state index in [0.29, 0.717) is 6.42 Å². The number of aliphatic hydroxyl groups excluding tert-OH is 1. The Bertz CT molecular complexity index is 576. The Morgan fingerprint density at radius 3 is 2.70 bits per heavy atom. The van der Waals surface area contributed by atoms with Crippen LogP contribution < -0.4 is 0 Å². The average Bonchev–Trinajstić information content (AvgIpc) is 2.47. The molecule has 4 heteroatoms. The van der Waals surface area contributed by atoms with Crippen LogP contribution in [0.2, 0.25) is 0 Å². The molecular formula is C16H17N3O. The predicted molar refractivity (Wildman–Crippen MR) is 80.4 cm³/mol. The van der Waals surface area contributed by atoms with Gasteiger partial charge in [-0.3, -0.25) is 15.0 Å². The molecule has 1 heterocycles. The largest absolute Gasteiger partial charge is 0.513 e. The lowest BCUT2D eigenvalue weighted by atomic mass is 10.1. The van der Waals surface area contributed by atoms with Gasteiger partial charge in [0.25, 0.3) is 0 Å². The minimum atomic E-state index is 0.246. The SMILES string of the molecule is C=C(O)CCCc1ccc(N=Cc2cnccn2)cc1. The molecule has 1 N–H and O–H groups in total. The highest BCUT2D eigenvalue weighted by molar-refractivity contribution is 5.78. The molecule has 2 rings (SSSR count). The Balaban J connectivity index is 1.91. The minimum absolute atomic E-state index is 0.246. The summed E-state index contributed by atoms with van der Waals surface area (Å²) in [6.45, 7) is 3.48. The van der Waals surface area contributed by atoms with E-state index in [9.17, 15) is 0 Å². The third-order valence-electron chi connectivity index (χ3n) is 2.80. The lowest BCUT2D eigenvalue weighted by Gasteiger charge is -2.01. The fraction of sp³-hybridized carbons (Fsp3) is 0.188. The lowest BCUT2D eigenvalue weighted by Crippen LogP contribution is -1.88. The molecule has 0 bridgehead atoms. The molecule has 4 nitrogen and oxygen atoms in total. The van der Waals surface area contributed by atoms with Crippen molar-refractivity contribution >= 4 is 11.9 Å². The van der Waals surface area contributed by atoms with Gasteiger partial charge in [-0.15, -0.1) is 0 Å². The van der Waals surface area contributed by atoms with Crippen molar-refractivity contribution in [2.45, 2.75) is 19.3 Å². The Labute approximate surface area is 118 Å². The van der Waals surface area contributed by atoms with Gasteiger partial charge in [-0.2, -0.15) is 0 Å². The number of benzene rings is 1. The molecule has 0 aliphatic rings. The van der Waals surface area contributed by atoms with Crippen LogP contribution in [0.4, 0.5) is 5.69 Å². The summed E-state index contributed by atoms with van der Waals surface area (Å²) in [5.41, 5.74) is 2.84. The summed E-state index contributed by atoms with van der Waals surface area (Å²) < 4.78 is 0. The molecule has 0 radical (unpaired) electrons. The smallest absolute Gasteiger partial charge is 0.0995 e. The van der Waals surface area contributed by atoms with Gasteiger partial charge in [0.05, 0.1) is 29.6 Å². The Morgan fingerprint density at radius 2 is 2.05 bits per heavy atom. The molecule has 20 heavy (non-hydrogen) atoms. The molecule has 0 saturated carbocycles. The molecule has 0 fully saturated rings. The van der Waals surface area contributed by atoms with Crippen molar-refractivity contribution in [3.63, 3.8) is 0 Å². The number of aryl methyl sites for hydroxylation is 1. The van der Waals surface area contributed by atoms with E-state index in [1.54, 1.807) is 24.8 Å². The molecule has 2 aromatic rings. The first-order valence-corrected chi connectivity index (χ1v) is 6.50. The Morgan fingerprint density at radius 1 is 1.25 bits per heavy atom. The normalized spacial score (nSPS) is 10.8. The number of aliphatic imine (C=N–C) groups is 1. The summed E-state index contributed by atoms with van der Waals surface area (Å²) in [7, 11) is 0. The van der Waals surface area contributed by atoms with Crippen molar-refractivity contribution in [1.82, 2.24) is 9.97 Å². The van der Waals surface area contributed by atoms with Gasteiger partial charge in [-0.25, -0.2) is 0 Å². The molecule has 0 atom stereocenters. The fourth-order valence-electron chi connectivity index (χ4n) is 1.76. The highest BCUT2D eigenvalue weighted by Crippen LogP contribution is 2.15. The summed E-state index contributed by atoms with van der Waals surface area (Å²) in [6, 6.07) is 8.03. The molecule has 0 saturated heterocycles. The van der Waals surface area contributed by atoms with Crippen LogP contribution >= 0.6 is 0 Å². The third kappa shape index (κ3) is 4.65. The zero-order chi connectivity index (χ0) is 14.2. The molecule has 0 spiro atoms. The highest BCUT2D eigenvalue weighted by Gasteiger charge is 1.96. The van der Waals surface area contributed by atoms with Crippen LogP contribution in [0.25, 0.3) is 0 Å². The van der Waals surface area contributed by atoms with Gasteiger partial charge in [0.1, 0.15) is 0 Å². The number of nitrogens with zero attached hydrogens (tertiary/aromatic N) is 3. The number of hydrogen-bond acceptors (Lipinski definition) is 4. The van der Waals surface area contributed by atoms with Gasteiger partial charge >= 0.3 is 0 Å². The van der Waals surface area contributed by atoms with Crippen molar-refractivity contribution in [3.05, 3.63) is 66.5 Å². The van der Waals surface area contributed by atoms with E-state index >= 15 is 0 Å². The van der Waals surface area contributed by atoms with Gasteiger partial charge in [0.2, 0.25) is 0 Å². The second-order valence-corrected chi connectivity index (χ2v) is 4.47. The monoisotopic (exact) mass is 267 g/mol. The Hall–Kier alpha value is -2.49. The van der Waals surface area contributed by atoms with Crippen LogP contribution in [-0.4, -0.2) is 21.3 Å². The fourth-order valence-corrected chi connectivity index (χ4v) is 1.76. The summed E-state index contributed by atoms with van der Waals surface area (Å²) in [5, 5.41) is 9.03. The molecule has 0 aliphatic heterocycles. The molecule has 0 aliphatic carbocycles. The zero-order valence-electron chi connectivity index (χ0n) is 11.2. The minimum Gasteiger partial charge on any atom is -0.513 e. The van der Waals surface area contributed by atoms with Crippen LogP contribution in [0, 0.1) is 0 Å². The van der Waals surface area contributed by atoms with Gasteiger partial charge < -0.3 is 5.11 Å². The standard InChI is InChI=1S/C16H17N3O/c1-13(20)3-2-4-14-5-7-15(8-6-14)19-12-16-11-17-9-10-18-16/h5-12,20H,1-4H2. The van der Waals surface area contributed by atoms with Gasteiger partial charge in [0.15, 0.2) is 0 Å². The van der Waals surface area contributed by atoms with Gasteiger partial charge in [0, 0.05) is 18.8 Å². The van der Waals surface area contributed by atoms with Crippen molar-refractivity contribution in [2.75, 3.05) is 0 Å². The van der Waals surface area contributed by atoms with E-state index in [0.717, 1.165) is 24.2 Å². The van der Waals surface area contributed by atoms with E-state index in [1.807, 2.05) is 24.3 Å². The number of allylic oxidation sites excluding steroid dienone is 1. The molecule has 0 amide bonds. The topological polar surface area (TPSA) is 58.4 Å². The quantitative estimate of drug-likeness (QED) is 0.642. The van der Waals surface area contributed by atoms with E-state index < -0.39 is 0 Å². The Kier molecular flexibility index (Phi) is 5.00. The first kappa shape index (κ1) is 13.9. The number of aliphatic hydroxyl groups is 1. The van der Waals surface area contributed by atoms with Crippen molar-refractivity contribution in [1.29, 1.82) is 0 Å². The number of rotatable bonds is 6. The maximum Gasteiger partial charge on any atom is 0.0995 e.